The van der Waals surface area contributed by atoms with E-state index in [2.05, 4.69) is 39.8 Å². The van der Waals surface area contributed by atoms with Gasteiger partial charge < -0.3 is 10.6 Å². The molecule has 6 nitrogen and oxygen atoms in total. The van der Waals surface area contributed by atoms with Gasteiger partial charge in [0.2, 0.25) is 0 Å². The van der Waals surface area contributed by atoms with Crippen LogP contribution < -0.4 is 10.6 Å². The molecular formula is C14H21N5O. The van der Waals surface area contributed by atoms with Gasteiger partial charge in [-0.1, -0.05) is 12.2 Å². The highest BCUT2D eigenvalue weighted by Crippen LogP contribution is 2.22. The normalized spacial score (nSPS) is 28.8. The number of aryl methyl sites for hydroxylation is 1. The van der Waals surface area contributed by atoms with Crippen molar-refractivity contribution in [3.63, 3.8) is 0 Å². The number of carbonyl (C=O) groups is 1. The molecule has 0 fully saturated rings. The highest BCUT2D eigenvalue weighted by atomic mass is 16.2. The summed E-state index contributed by atoms with van der Waals surface area (Å²) in [6, 6.07) is 0.0586. The van der Waals surface area contributed by atoms with Gasteiger partial charge in [0, 0.05) is 12.0 Å². The molecule has 1 aliphatic heterocycles. The van der Waals surface area contributed by atoms with Gasteiger partial charge >= 0.3 is 6.03 Å². The van der Waals surface area contributed by atoms with E-state index in [1.807, 2.05) is 4.68 Å². The van der Waals surface area contributed by atoms with Crippen molar-refractivity contribution in [3.05, 3.63) is 24.3 Å². The number of rotatable bonds is 2. The van der Waals surface area contributed by atoms with Crippen LogP contribution in [-0.4, -0.2) is 32.4 Å². The Balaban J connectivity index is 1.53. The molecule has 2 N–H and O–H groups in total. The molecule has 6 heteroatoms. The first-order valence-corrected chi connectivity index (χ1v) is 7.25. The van der Waals surface area contributed by atoms with Crippen molar-refractivity contribution in [3.8, 4) is 0 Å². The van der Waals surface area contributed by atoms with Crippen LogP contribution in [0.5, 0.6) is 0 Å². The van der Waals surface area contributed by atoms with E-state index in [4.69, 9.17) is 0 Å². The third kappa shape index (κ3) is 2.84. The lowest BCUT2D eigenvalue weighted by molar-refractivity contribution is 0.215. The lowest BCUT2D eigenvalue weighted by Crippen LogP contribution is -2.54. The molecule has 1 aromatic heterocycles. The molecule has 2 heterocycles. The summed E-state index contributed by atoms with van der Waals surface area (Å²) in [4.78, 5) is 16.3. The van der Waals surface area contributed by atoms with Crippen molar-refractivity contribution in [1.82, 2.24) is 25.4 Å². The zero-order valence-corrected chi connectivity index (χ0v) is 11.8. The molecule has 0 saturated heterocycles. The summed E-state index contributed by atoms with van der Waals surface area (Å²) in [5.41, 5.74) is -0.119. The van der Waals surface area contributed by atoms with Crippen LogP contribution in [0.25, 0.3) is 0 Å². The first-order chi connectivity index (χ1) is 9.65. The monoisotopic (exact) mass is 275 g/mol. The number of aromatic nitrogens is 3. The summed E-state index contributed by atoms with van der Waals surface area (Å²) in [6.45, 7) is 2.81. The SMILES string of the molecule is CC1(NC(=O)NC2CCc3ncnn3C2)CC=CCC1. The largest absolute Gasteiger partial charge is 0.334 e. The summed E-state index contributed by atoms with van der Waals surface area (Å²) in [7, 11) is 0. The molecule has 0 saturated carbocycles. The Labute approximate surface area is 118 Å². The summed E-state index contributed by atoms with van der Waals surface area (Å²) in [5, 5.41) is 10.3. The van der Waals surface area contributed by atoms with Crippen molar-refractivity contribution in [2.75, 3.05) is 0 Å². The van der Waals surface area contributed by atoms with Crippen molar-refractivity contribution in [2.24, 2.45) is 0 Å². The van der Waals surface area contributed by atoms with Crippen molar-refractivity contribution >= 4 is 6.03 Å². The maximum absolute atomic E-state index is 12.1. The lowest BCUT2D eigenvalue weighted by Gasteiger charge is -2.33. The van der Waals surface area contributed by atoms with E-state index in [0.29, 0.717) is 6.54 Å². The molecule has 108 valence electrons. The molecule has 1 aromatic rings. The zero-order valence-electron chi connectivity index (χ0n) is 11.8. The molecule has 0 radical (unpaired) electrons. The number of allylic oxidation sites excluding steroid dienone is 1. The van der Waals surface area contributed by atoms with Gasteiger partial charge in [-0.3, -0.25) is 0 Å². The Morgan fingerprint density at radius 1 is 1.50 bits per heavy atom. The number of hydrogen-bond donors (Lipinski definition) is 2. The topological polar surface area (TPSA) is 71.8 Å². The fraction of sp³-hybridized carbons (Fsp3) is 0.643. The predicted molar refractivity (Wildman–Crippen MR) is 75.2 cm³/mol. The fourth-order valence-corrected chi connectivity index (χ4v) is 2.93. The second kappa shape index (κ2) is 5.26. The average molecular weight is 275 g/mol. The zero-order chi connectivity index (χ0) is 14.0. The Bertz CT molecular complexity index is 523. The smallest absolute Gasteiger partial charge is 0.315 e. The molecule has 3 rings (SSSR count). The molecule has 0 spiro atoms. The van der Waals surface area contributed by atoms with Gasteiger partial charge in [-0.05, 0) is 32.6 Å². The number of nitrogens with zero attached hydrogens (tertiary/aromatic N) is 3. The standard InChI is InChI=1S/C14H21N5O/c1-14(7-3-2-4-8-14)18-13(20)17-11-5-6-12-15-10-16-19(12)9-11/h2-3,10-11H,4-9H2,1H3,(H2,17,18,20). The van der Waals surface area contributed by atoms with Gasteiger partial charge in [0.1, 0.15) is 12.2 Å². The van der Waals surface area contributed by atoms with Gasteiger partial charge in [0.25, 0.3) is 0 Å². The predicted octanol–water partition coefficient (Wildman–Crippen LogP) is 1.39. The third-order valence-corrected chi connectivity index (χ3v) is 4.15. The third-order valence-electron chi connectivity index (χ3n) is 4.15. The maximum atomic E-state index is 12.1. The minimum absolute atomic E-state index is 0.0728. The molecule has 2 amide bonds. The van der Waals surface area contributed by atoms with Crippen molar-refractivity contribution < 1.29 is 4.79 Å². The Morgan fingerprint density at radius 3 is 3.20 bits per heavy atom. The fourth-order valence-electron chi connectivity index (χ4n) is 2.93. The maximum Gasteiger partial charge on any atom is 0.315 e. The molecule has 0 bridgehead atoms. The number of amides is 2. The molecule has 2 unspecified atom stereocenters. The molecule has 1 aliphatic carbocycles. The van der Waals surface area contributed by atoms with Crippen LogP contribution in [0.1, 0.15) is 38.4 Å². The summed E-state index contributed by atoms with van der Waals surface area (Å²) in [5.74, 6) is 1.01. The quantitative estimate of drug-likeness (QED) is 0.801. The second-order valence-corrected chi connectivity index (χ2v) is 5.97. The number of hydrogen-bond acceptors (Lipinski definition) is 3. The van der Waals surface area contributed by atoms with Gasteiger partial charge in [0.05, 0.1) is 12.6 Å². The van der Waals surface area contributed by atoms with Crippen LogP contribution in [0.4, 0.5) is 4.79 Å². The van der Waals surface area contributed by atoms with E-state index in [1.54, 1.807) is 6.33 Å². The number of nitrogens with one attached hydrogen (secondary N) is 2. The molecular weight excluding hydrogens is 254 g/mol. The number of carbonyl (C=O) groups excluding carboxylic acids is 1. The minimum atomic E-state index is -0.119. The van der Waals surface area contributed by atoms with Crippen LogP contribution >= 0.6 is 0 Å². The second-order valence-electron chi connectivity index (χ2n) is 5.97. The van der Waals surface area contributed by atoms with Crippen molar-refractivity contribution in [2.45, 2.75) is 57.2 Å². The van der Waals surface area contributed by atoms with E-state index in [9.17, 15) is 4.79 Å². The van der Waals surface area contributed by atoms with Gasteiger partial charge in [0.15, 0.2) is 0 Å². The van der Waals surface area contributed by atoms with E-state index in [1.165, 1.54) is 0 Å². The van der Waals surface area contributed by atoms with Crippen molar-refractivity contribution in [1.29, 1.82) is 0 Å². The Kier molecular flexibility index (Phi) is 3.46. The minimum Gasteiger partial charge on any atom is -0.334 e. The number of urea groups is 1. The van der Waals surface area contributed by atoms with Crippen LogP contribution in [-0.2, 0) is 13.0 Å². The molecule has 0 aromatic carbocycles. The van der Waals surface area contributed by atoms with Gasteiger partial charge in [-0.25, -0.2) is 14.5 Å². The van der Waals surface area contributed by atoms with Gasteiger partial charge in [-0.2, -0.15) is 5.10 Å². The first kappa shape index (κ1) is 13.1. The highest BCUT2D eigenvalue weighted by molar-refractivity contribution is 5.75. The summed E-state index contributed by atoms with van der Waals surface area (Å²) in [6.07, 6.45) is 10.6. The van der Waals surface area contributed by atoms with Crippen LogP contribution in [0.2, 0.25) is 0 Å². The number of fused-ring (bicyclic) bond motifs is 1. The molecule has 2 aliphatic rings. The first-order valence-electron chi connectivity index (χ1n) is 7.25. The van der Waals surface area contributed by atoms with E-state index >= 15 is 0 Å². The van der Waals surface area contributed by atoms with E-state index in [-0.39, 0.29) is 17.6 Å². The van der Waals surface area contributed by atoms with Crippen LogP contribution in [0, 0.1) is 0 Å². The Morgan fingerprint density at radius 2 is 2.40 bits per heavy atom. The lowest BCUT2D eigenvalue weighted by atomic mass is 9.88. The summed E-state index contributed by atoms with van der Waals surface area (Å²) >= 11 is 0. The molecule has 20 heavy (non-hydrogen) atoms. The average Bonchev–Trinajstić information content (AvgIpc) is 2.86. The highest BCUT2D eigenvalue weighted by Gasteiger charge is 2.28. The Hall–Kier alpha value is -1.85. The van der Waals surface area contributed by atoms with Crippen LogP contribution in [0.15, 0.2) is 18.5 Å². The summed E-state index contributed by atoms with van der Waals surface area (Å²) < 4.78 is 1.87. The van der Waals surface area contributed by atoms with Crippen LogP contribution in [0.3, 0.4) is 0 Å². The van der Waals surface area contributed by atoms with Gasteiger partial charge in [-0.15, -0.1) is 0 Å². The van der Waals surface area contributed by atoms with E-state index < -0.39 is 0 Å². The van der Waals surface area contributed by atoms with E-state index in [0.717, 1.165) is 37.9 Å². The molecule has 2 atom stereocenters.